The molecule has 2 rings (SSSR count). The van der Waals surface area contributed by atoms with Crippen LogP contribution in [0.25, 0.3) is 0 Å². The molecule has 3 nitrogen and oxygen atoms in total. The molecule has 0 amide bonds. The summed E-state index contributed by atoms with van der Waals surface area (Å²) >= 11 is 0. The fourth-order valence-electron chi connectivity index (χ4n) is 1.48. The molecular weight excluding hydrogens is 202 g/mol. The van der Waals surface area contributed by atoms with Crippen molar-refractivity contribution in [2.45, 2.75) is 0 Å². The summed E-state index contributed by atoms with van der Waals surface area (Å²) in [5.74, 6) is 0.467. The third-order valence-corrected chi connectivity index (χ3v) is 2.28. The Labute approximate surface area is 93.7 Å². The lowest BCUT2D eigenvalue weighted by molar-refractivity contribution is 0.103. The fourth-order valence-corrected chi connectivity index (χ4v) is 1.48. The molecule has 2 aromatic rings. The predicted octanol–water partition coefficient (Wildman–Crippen LogP) is 2.32. The van der Waals surface area contributed by atoms with E-state index in [2.05, 4.69) is 4.98 Å². The van der Waals surface area contributed by atoms with Gasteiger partial charge in [0.05, 0.1) is 12.7 Å². The van der Waals surface area contributed by atoms with Crippen molar-refractivity contribution >= 4 is 5.78 Å². The Kier molecular flexibility index (Phi) is 2.96. The minimum absolute atomic E-state index is 0.0782. The summed E-state index contributed by atoms with van der Waals surface area (Å²) < 4.78 is 5.13. The van der Waals surface area contributed by atoms with E-state index in [0.717, 1.165) is 0 Å². The second-order valence-electron chi connectivity index (χ2n) is 3.27. The van der Waals surface area contributed by atoms with E-state index in [4.69, 9.17) is 4.74 Å². The zero-order valence-electron chi connectivity index (χ0n) is 8.88. The smallest absolute Gasteiger partial charge is 0.198 e. The summed E-state index contributed by atoms with van der Waals surface area (Å²) in [7, 11) is 1.54. The van der Waals surface area contributed by atoms with Gasteiger partial charge in [-0.15, -0.1) is 0 Å². The molecule has 80 valence electrons. The summed E-state index contributed by atoms with van der Waals surface area (Å²) in [5.41, 5.74) is 1.12. The van der Waals surface area contributed by atoms with Crippen LogP contribution in [-0.4, -0.2) is 17.9 Å². The molecule has 0 saturated carbocycles. The minimum Gasteiger partial charge on any atom is -0.496 e. The first-order valence-electron chi connectivity index (χ1n) is 4.90. The highest BCUT2D eigenvalue weighted by Gasteiger charge is 2.13. The van der Waals surface area contributed by atoms with E-state index in [-0.39, 0.29) is 5.78 Å². The summed E-state index contributed by atoms with van der Waals surface area (Å²) in [6.45, 7) is 0. The highest BCUT2D eigenvalue weighted by Crippen LogP contribution is 2.19. The molecule has 1 aromatic carbocycles. The normalized spacial score (nSPS) is 9.81. The molecule has 0 N–H and O–H groups in total. The van der Waals surface area contributed by atoms with Crippen LogP contribution in [0.5, 0.6) is 5.75 Å². The van der Waals surface area contributed by atoms with Gasteiger partial charge in [0.1, 0.15) is 5.75 Å². The summed E-state index contributed by atoms with van der Waals surface area (Å²) in [5, 5.41) is 0. The molecule has 1 aromatic heterocycles. The Balaban J connectivity index is 2.42. The molecule has 0 saturated heterocycles. The molecule has 0 fully saturated rings. The molecule has 16 heavy (non-hydrogen) atoms. The molecule has 1 heterocycles. The van der Waals surface area contributed by atoms with Gasteiger partial charge in [-0.3, -0.25) is 9.78 Å². The third-order valence-electron chi connectivity index (χ3n) is 2.28. The predicted molar refractivity (Wildman–Crippen MR) is 60.7 cm³/mol. The van der Waals surface area contributed by atoms with E-state index in [1.807, 2.05) is 18.2 Å². The SMILES string of the molecule is COc1ccncc1C(=O)c1ccccc1. The van der Waals surface area contributed by atoms with Gasteiger partial charge in [-0.25, -0.2) is 0 Å². The number of nitrogens with zero attached hydrogens (tertiary/aromatic N) is 1. The summed E-state index contributed by atoms with van der Waals surface area (Å²) in [4.78, 5) is 16.0. The topological polar surface area (TPSA) is 39.2 Å². The monoisotopic (exact) mass is 213 g/mol. The zero-order chi connectivity index (χ0) is 11.4. The van der Waals surface area contributed by atoms with Crippen LogP contribution in [0.1, 0.15) is 15.9 Å². The van der Waals surface area contributed by atoms with E-state index in [1.54, 1.807) is 24.4 Å². The Hall–Kier alpha value is -2.16. The van der Waals surface area contributed by atoms with Crippen molar-refractivity contribution in [1.82, 2.24) is 4.98 Å². The van der Waals surface area contributed by atoms with Gasteiger partial charge >= 0.3 is 0 Å². The van der Waals surface area contributed by atoms with Gasteiger partial charge < -0.3 is 4.74 Å². The Bertz CT molecular complexity index is 494. The van der Waals surface area contributed by atoms with Gasteiger partial charge in [0.25, 0.3) is 0 Å². The third kappa shape index (κ3) is 1.93. The molecular formula is C13H11NO2. The molecule has 0 aliphatic heterocycles. The van der Waals surface area contributed by atoms with Crippen LogP contribution in [0.4, 0.5) is 0 Å². The maximum atomic E-state index is 12.1. The number of hydrogen-bond donors (Lipinski definition) is 0. The van der Waals surface area contributed by atoms with Crippen LogP contribution in [0.15, 0.2) is 48.8 Å². The number of carbonyl (C=O) groups is 1. The quantitative estimate of drug-likeness (QED) is 0.734. The summed E-state index contributed by atoms with van der Waals surface area (Å²) in [6.07, 6.45) is 3.12. The van der Waals surface area contributed by atoms with Crippen molar-refractivity contribution in [2.24, 2.45) is 0 Å². The Morgan fingerprint density at radius 1 is 1.19 bits per heavy atom. The second-order valence-corrected chi connectivity index (χ2v) is 3.27. The van der Waals surface area contributed by atoms with Crippen molar-refractivity contribution in [3.63, 3.8) is 0 Å². The van der Waals surface area contributed by atoms with Gasteiger partial charge in [0, 0.05) is 18.0 Å². The van der Waals surface area contributed by atoms with Crippen molar-refractivity contribution in [1.29, 1.82) is 0 Å². The zero-order valence-corrected chi connectivity index (χ0v) is 8.88. The Morgan fingerprint density at radius 2 is 1.94 bits per heavy atom. The van der Waals surface area contributed by atoms with Crippen LogP contribution in [0.2, 0.25) is 0 Å². The van der Waals surface area contributed by atoms with Crippen molar-refractivity contribution in [3.05, 3.63) is 59.9 Å². The van der Waals surface area contributed by atoms with Gasteiger partial charge in [0.15, 0.2) is 5.78 Å². The van der Waals surface area contributed by atoms with Crippen LogP contribution in [-0.2, 0) is 0 Å². The lowest BCUT2D eigenvalue weighted by Crippen LogP contribution is -2.04. The fraction of sp³-hybridized carbons (Fsp3) is 0.0769. The van der Waals surface area contributed by atoms with E-state index in [1.165, 1.54) is 13.3 Å². The molecule has 0 unspecified atom stereocenters. The number of ketones is 1. The average molecular weight is 213 g/mol. The minimum atomic E-state index is -0.0782. The van der Waals surface area contributed by atoms with E-state index in [0.29, 0.717) is 16.9 Å². The number of aromatic nitrogens is 1. The number of pyridine rings is 1. The van der Waals surface area contributed by atoms with Crippen molar-refractivity contribution in [2.75, 3.05) is 7.11 Å². The first-order valence-corrected chi connectivity index (χ1v) is 4.90. The molecule has 0 aliphatic rings. The number of ether oxygens (including phenoxy) is 1. The van der Waals surface area contributed by atoms with E-state index >= 15 is 0 Å². The van der Waals surface area contributed by atoms with E-state index in [9.17, 15) is 4.79 Å². The van der Waals surface area contributed by atoms with Crippen molar-refractivity contribution in [3.8, 4) is 5.75 Å². The second kappa shape index (κ2) is 4.57. The number of carbonyl (C=O) groups excluding carboxylic acids is 1. The molecule has 0 spiro atoms. The van der Waals surface area contributed by atoms with Gasteiger partial charge in [-0.05, 0) is 6.07 Å². The molecule has 3 heteroatoms. The number of rotatable bonds is 3. The van der Waals surface area contributed by atoms with Gasteiger partial charge in [0.2, 0.25) is 0 Å². The first kappa shape index (κ1) is 10.4. The maximum Gasteiger partial charge on any atom is 0.198 e. The van der Waals surface area contributed by atoms with Gasteiger partial charge in [-0.1, -0.05) is 30.3 Å². The van der Waals surface area contributed by atoms with Crippen molar-refractivity contribution < 1.29 is 9.53 Å². The maximum absolute atomic E-state index is 12.1. The van der Waals surface area contributed by atoms with Crippen LogP contribution < -0.4 is 4.74 Å². The number of methoxy groups -OCH3 is 1. The lowest BCUT2D eigenvalue weighted by atomic mass is 10.0. The number of hydrogen-bond acceptors (Lipinski definition) is 3. The van der Waals surface area contributed by atoms with Crippen LogP contribution in [0.3, 0.4) is 0 Å². The summed E-state index contributed by atoms with van der Waals surface area (Å²) in [6, 6.07) is 10.8. The molecule has 0 bridgehead atoms. The standard InChI is InChI=1S/C13H11NO2/c1-16-12-7-8-14-9-11(12)13(15)10-5-3-2-4-6-10/h2-9H,1H3. The highest BCUT2D eigenvalue weighted by atomic mass is 16.5. The molecule has 0 aliphatic carbocycles. The van der Waals surface area contributed by atoms with Gasteiger partial charge in [-0.2, -0.15) is 0 Å². The van der Waals surface area contributed by atoms with Crippen LogP contribution in [0, 0.1) is 0 Å². The average Bonchev–Trinajstić information content (AvgIpc) is 2.39. The molecule has 0 atom stereocenters. The number of benzene rings is 1. The first-order chi connectivity index (χ1) is 7.83. The van der Waals surface area contributed by atoms with Crippen LogP contribution >= 0.6 is 0 Å². The lowest BCUT2D eigenvalue weighted by Gasteiger charge is -2.06. The largest absolute Gasteiger partial charge is 0.496 e. The molecule has 0 radical (unpaired) electrons. The highest BCUT2D eigenvalue weighted by molar-refractivity contribution is 6.10. The Morgan fingerprint density at radius 3 is 2.62 bits per heavy atom. The van der Waals surface area contributed by atoms with E-state index < -0.39 is 0 Å².